The fourth-order valence-electron chi connectivity index (χ4n) is 3.33. The van der Waals surface area contributed by atoms with Gasteiger partial charge in [-0.3, -0.25) is 9.36 Å². The van der Waals surface area contributed by atoms with Crippen LogP contribution in [0.2, 0.25) is 0 Å². The molecule has 0 fully saturated rings. The fraction of sp³-hybridized carbons (Fsp3) is 0.160. The summed E-state index contributed by atoms with van der Waals surface area (Å²) >= 11 is 1.34. The van der Waals surface area contributed by atoms with Crippen molar-refractivity contribution in [3.05, 3.63) is 95.8 Å². The first-order valence-corrected chi connectivity index (χ1v) is 11.2. The summed E-state index contributed by atoms with van der Waals surface area (Å²) in [5, 5.41) is 9.28. The van der Waals surface area contributed by atoms with Crippen molar-refractivity contribution in [2.24, 2.45) is 0 Å². The normalized spacial score (nSPS) is 10.8. The van der Waals surface area contributed by atoms with E-state index in [4.69, 9.17) is 0 Å². The summed E-state index contributed by atoms with van der Waals surface area (Å²) in [6.07, 6.45) is 0. The molecule has 0 aliphatic rings. The van der Waals surface area contributed by atoms with Crippen molar-refractivity contribution < 1.29 is 9.18 Å². The van der Waals surface area contributed by atoms with Crippen LogP contribution in [-0.2, 0) is 11.3 Å². The van der Waals surface area contributed by atoms with Crippen molar-refractivity contribution in [2.45, 2.75) is 18.6 Å². The van der Waals surface area contributed by atoms with Crippen LogP contribution in [0.5, 0.6) is 0 Å². The maximum absolute atomic E-state index is 13.4. The highest BCUT2D eigenvalue weighted by atomic mass is 32.2. The molecule has 162 valence electrons. The van der Waals surface area contributed by atoms with Crippen molar-refractivity contribution in [1.29, 1.82) is 0 Å². The second kappa shape index (κ2) is 9.78. The molecule has 0 N–H and O–H groups in total. The average Bonchev–Trinajstić information content (AvgIpc) is 3.24. The molecule has 0 saturated heterocycles. The van der Waals surface area contributed by atoms with Crippen LogP contribution in [-0.4, -0.2) is 38.4 Å². The van der Waals surface area contributed by atoms with Gasteiger partial charge in [-0.15, -0.1) is 10.2 Å². The van der Waals surface area contributed by atoms with Crippen LogP contribution in [0.1, 0.15) is 11.1 Å². The Hall–Kier alpha value is -3.45. The van der Waals surface area contributed by atoms with Crippen LogP contribution in [0.25, 0.3) is 17.1 Å². The number of carbonyl (C=O) groups is 1. The van der Waals surface area contributed by atoms with E-state index in [0.717, 1.165) is 22.4 Å². The van der Waals surface area contributed by atoms with E-state index in [9.17, 15) is 9.18 Å². The van der Waals surface area contributed by atoms with Gasteiger partial charge in [-0.25, -0.2) is 4.39 Å². The highest BCUT2D eigenvalue weighted by Gasteiger charge is 2.18. The topological polar surface area (TPSA) is 51.0 Å². The minimum atomic E-state index is -0.309. The molecule has 7 heteroatoms. The Morgan fingerprint density at radius 1 is 0.969 bits per heavy atom. The van der Waals surface area contributed by atoms with Gasteiger partial charge in [0.25, 0.3) is 0 Å². The third kappa shape index (κ3) is 4.89. The van der Waals surface area contributed by atoms with Crippen LogP contribution in [0.3, 0.4) is 0 Å². The first kappa shape index (κ1) is 21.8. The molecule has 0 aliphatic carbocycles. The maximum Gasteiger partial charge on any atom is 0.233 e. The van der Waals surface area contributed by atoms with Gasteiger partial charge in [0.05, 0.1) is 5.75 Å². The van der Waals surface area contributed by atoms with E-state index in [1.54, 1.807) is 24.1 Å². The lowest BCUT2D eigenvalue weighted by Crippen LogP contribution is -2.28. The van der Waals surface area contributed by atoms with Crippen LogP contribution >= 0.6 is 11.8 Å². The maximum atomic E-state index is 13.4. The lowest BCUT2D eigenvalue weighted by molar-refractivity contribution is -0.127. The Morgan fingerprint density at radius 2 is 1.66 bits per heavy atom. The molecule has 3 aromatic carbocycles. The Kier molecular flexibility index (Phi) is 6.66. The van der Waals surface area contributed by atoms with Gasteiger partial charge in [-0.05, 0) is 54.4 Å². The van der Waals surface area contributed by atoms with Crippen molar-refractivity contribution in [1.82, 2.24) is 19.7 Å². The van der Waals surface area contributed by atoms with E-state index in [1.165, 1.54) is 23.9 Å². The Bertz CT molecular complexity index is 1210. The number of amides is 1. The minimum absolute atomic E-state index is 0.00389. The van der Waals surface area contributed by atoms with E-state index in [-0.39, 0.29) is 17.5 Å². The molecule has 4 aromatic rings. The number of nitrogens with zero attached hydrogens (tertiary/aromatic N) is 4. The second-order valence-corrected chi connectivity index (χ2v) is 8.39. The molecule has 32 heavy (non-hydrogen) atoms. The summed E-state index contributed by atoms with van der Waals surface area (Å²) in [6, 6.07) is 23.9. The predicted octanol–water partition coefficient (Wildman–Crippen LogP) is 5.13. The summed E-state index contributed by atoms with van der Waals surface area (Å²) in [7, 11) is 1.81. The number of aryl methyl sites for hydroxylation is 1. The number of hydrogen-bond donors (Lipinski definition) is 0. The van der Waals surface area contributed by atoms with Crippen molar-refractivity contribution in [2.75, 3.05) is 12.8 Å². The molecule has 0 aliphatic heterocycles. The Labute approximate surface area is 190 Å². The number of benzene rings is 3. The largest absolute Gasteiger partial charge is 0.341 e. The zero-order valence-electron chi connectivity index (χ0n) is 17.9. The SMILES string of the molecule is Cc1ccccc1CN(C)C(=O)CSc1nnc(-c2ccc(F)cc2)n1-c1ccccc1. The van der Waals surface area contributed by atoms with Gasteiger partial charge >= 0.3 is 0 Å². The van der Waals surface area contributed by atoms with Gasteiger partial charge in [0.2, 0.25) is 5.91 Å². The number of hydrogen-bond acceptors (Lipinski definition) is 4. The molecule has 1 aromatic heterocycles. The van der Waals surface area contributed by atoms with Gasteiger partial charge in [0, 0.05) is 24.8 Å². The van der Waals surface area contributed by atoms with Gasteiger partial charge in [0.1, 0.15) is 5.82 Å². The standard InChI is InChI=1S/C25H23FN4OS/c1-18-8-6-7-9-20(18)16-29(2)23(31)17-32-25-28-27-24(19-12-14-21(26)15-13-19)30(25)22-10-4-3-5-11-22/h3-15H,16-17H2,1-2H3. The molecule has 0 atom stereocenters. The number of aromatic nitrogens is 3. The number of carbonyl (C=O) groups excluding carboxylic acids is 1. The van der Waals surface area contributed by atoms with E-state index < -0.39 is 0 Å². The van der Waals surface area contributed by atoms with E-state index >= 15 is 0 Å². The summed E-state index contributed by atoms with van der Waals surface area (Å²) in [5.74, 6) is 0.525. The quantitative estimate of drug-likeness (QED) is 0.369. The Balaban J connectivity index is 1.55. The first-order valence-electron chi connectivity index (χ1n) is 10.2. The lowest BCUT2D eigenvalue weighted by Gasteiger charge is -2.18. The first-order chi connectivity index (χ1) is 15.5. The molecule has 0 saturated carbocycles. The third-order valence-electron chi connectivity index (χ3n) is 5.17. The molecule has 0 spiro atoms. The summed E-state index contributed by atoms with van der Waals surface area (Å²) < 4.78 is 15.3. The van der Waals surface area contributed by atoms with E-state index in [0.29, 0.717) is 17.5 Å². The molecule has 1 heterocycles. The smallest absolute Gasteiger partial charge is 0.233 e. The molecule has 5 nitrogen and oxygen atoms in total. The van der Waals surface area contributed by atoms with Crippen LogP contribution in [0.4, 0.5) is 4.39 Å². The summed E-state index contributed by atoms with van der Waals surface area (Å²) in [5.41, 5.74) is 3.91. The number of halogens is 1. The van der Waals surface area contributed by atoms with Crippen molar-refractivity contribution >= 4 is 17.7 Å². The van der Waals surface area contributed by atoms with Gasteiger partial charge in [0.15, 0.2) is 11.0 Å². The van der Waals surface area contributed by atoms with Crippen LogP contribution in [0.15, 0.2) is 84.0 Å². The van der Waals surface area contributed by atoms with Crippen LogP contribution < -0.4 is 0 Å². The molecule has 0 unspecified atom stereocenters. The zero-order valence-corrected chi connectivity index (χ0v) is 18.7. The van der Waals surface area contributed by atoms with Gasteiger partial charge < -0.3 is 4.90 Å². The molecule has 1 amide bonds. The number of para-hydroxylation sites is 1. The monoisotopic (exact) mass is 446 g/mol. The van der Waals surface area contributed by atoms with Crippen LogP contribution in [0, 0.1) is 12.7 Å². The minimum Gasteiger partial charge on any atom is -0.341 e. The lowest BCUT2D eigenvalue weighted by atomic mass is 10.1. The zero-order chi connectivity index (χ0) is 22.5. The summed E-state index contributed by atoms with van der Waals surface area (Å²) in [6.45, 7) is 2.60. The second-order valence-electron chi connectivity index (χ2n) is 7.45. The van der Waals surface area contributed by atoms with E-state index in [2.05, 4.69) is 10.2 Å². The molecular weight excluding hydrogens is 423 g/mol. The van der Waals surface area contributed by atoms with Crippen molar-refractivity contribution in [3.8, 4) is 17.1 Å². The third-order valence-corrected chi connectivity index (χ3v) is 6.08. The predicted molar refractivity (Wildman–Crippen MR) is 125 cm³/mol. The Morgan fingerprint density at radius 3 is 2.38 bits per heavy atom. The van der Waals surface area contributed by atoms with Gasteiger partial charge in [-0.2, -0.15) is 0 Å². The number of rotatable bonds is 7. The summed E-state index contributed by atoms with van der Waals surface area (Å²) in [4.78, 5) is 14.5. The highest BCUT2D eigenvalue weighted by molar-refractivity contribution is 7.99. The average molecular weight is 447 g/mol. The number of thioether (sulfide) groups is 1. The van der Waals surface area contributed by atoms with Crippen molar-refractivity contribution in [3.63, 3.8) is 0 Å². The van der Waals surface area contributed by atoms with E-state index in [1.807, 2.05) is 66.1 Å². The highest BCUT2D eigenvalue weighted by Crippen LogP contribution is 2.28. The van der Waals surface area contributed by atoms with Gasteiger partial charge in [-0.1, -0.05) is 54.2 Å². The fourth-order valence-corrected chi connectivity index (χ4v) is 4.22. The molecule has 0 bridgehead atoms. The molecular formula is C25H23FN4OS. The molecule has 4 rings (SSSR count). The molecule has 0 radical (unpaired) electrons.